The second-order valence-electron chi connectivity index (χ2n) is 4.26. The van der Waals surface area contributed by atoms with Crippen LogP contribution in [0.25, 0.3) is 0 Å². The largest absolute Gasteiger partial charge is 0.372 e. The van der Waals surface area contributed by atoms with E-state index in [0.29, 0.717) is 11.4 Å². The molecule has 0 radical (unpaired) electrons. The molecule has 2 N–H and O–H groups in total. The third-order valence-electron chi connectivity index (χ3n) is 2.99. The summed E-state index contributed by atoms with van der Waals surface area (Å²) in [4.78, 5) is 16.5. The Morgan fingerprint density at radius 3 is 2.85 bits per heavy atom. The standard InChI is InChI=1S/C15H16BrN3O/c1-3-10-9-11(16)6-7-13(10)19-15(20)12-5-4-8-18-14(12)17-2/h4-9H,3H2,1-2H3,(H,17,18)(H,19,20). The molecule has 20 heavy (non-hydrogen) atoms. The molecule has 2 rings (SSSR count). The molecule has 0 bridgehead atoms. The Hall–Kier alpha value is -1.88. The van der Waals surface area contributed by atoms with E-state index in [1.807, 2.05) is 18.2 Å². The number of pyridine rings is 1. The van der Waals surface area contributed by atoms with E-state index in [0.717, 1.165) is 22.1 Å². The number of benzene rings is 1. The average molecular weight is 334 g/mol. The number of hydrogen-bond donors (Lipinski definition) is 2. The fourth-order valence-corrected chi connectivity index (χ4v) is 2.36. The zero-order valence-electron chi connectivity index (χ0n) is 11.4. The number of nitrogens with one attached hydrogen (secondary N) is 2. The van der Waals surface area contributed by atoms with E-state index in [2.05, 4.69) is 38.5 Å². The molecular weight excluding hydrogens is 318 g/mol. The second kappa shape index (κ2) is 6.52. The summed E-state index contributed by atoms with van der Waals surface area (Å²) < 4.78 is 1.00. The van der Waals surface area contributed by atoms with Gasteiger partial charge in [-0.2, -0.15) is 0 Å². The molecule has 0 atom stereocenters. The highest BCUT2D eigenvalue weighted by atomic mass is 79.9. The number of carbonyl (C=O) groups excluding carboxylic acids is 1. The van der Waals surface area contributed by atoms with E-state index in [1.54, 1.807) is 25.4 Å². The van der Waals surface area contributed by atoms with Gasteiger partial charge in [0.25, 0.3) is 5.91 Å². The van der Waals surface area contributed by atoms with Gasteiger partial charge in [0, 0.05) is 23.4 Å². The number of amides is 1. The smallest absolute Gasteiger partial charge is 0.259 e. The monoisotopic (exact) mass is 333 g/mol. The molecule has 1 heterocycles. The zero-order chi connectivity index (χ0) is 14.5. The van der Waals surface area contributed by atoms with Gasteiger partial charge in [0.05, 0.1) is 5.56 Å². The summed E-state index contributed by atoms with van der Waals surface area (Å²) in [6.45, 7) is 2.06. The number of aromatic nitrogens is 1. The number of anilines is 2. The van der Waals surface area contributed by atoms with E-state index < -0.39 is 0 Å². The minimum atomic E-state index is -0.167. The van der Waals surface area contributed by atoms with Crippen LogP contribution in [0.4, 0.5) is 11.5 Å². The minimum absolute atomic E-state index is 0.167. The third-order valence-corrected chi connectivity index (χ3v) is 3.48. The number of hydrogen-bond acceptors (Lipinski definition) is 3. The van der Waals surface area contributed by atoms with Crippen LogP contribution in [0.3, 0.4) is 0 Å². The van der Waals surface area contributed by atoms with Gasteiger partial charge in [-0.05, 0) is 42.3 Å². The van der Waals surface area contributed by atoms with Gasteiger partial charge < -0.3 is 10.6 Å². The maximum atomic E-state index is 12.3. The Kier molecular flexibility index (Phi) is 4.74. The van der Waals surface area contributed by atoms with Gasteiger partial charge in [0.2, 0.25) is 0 Å². The molecule has 5 heteroatoms. The van der Waals surface area contributed by atoms with Crippen molar-refractivity contribution in [1.29, 1.82) is 0 Å². The van der Waals surface area contributed by atoms with E-state index in [1.165, 1.54) is 0 Å². The summed E-state index contributed by atoms with van der Waals surface area (Å²) in [7, 11) is 1.75. The molecule has 2 aromatic rings. The Morgan fingerprint density at radius 1 is 1.35 bits per heavy atom. The molecule has 0 aliphatic rings. The number of aryl methyl sites for hydroxylation is 1. The third kappa shape index (κ3) is 3.17. The maximum Gasteiger partial charge on any atom is 0.259 e. The van der Waals surface area contributed by atoms with Crippen molar-refractivity contribution in [2.45, 2.75) is 13.3 Å². The molecule has 0 unspecified atom stereocenters. The van der Waals surface area contributed by atoms with E-state index in [-0.39, 0.29) is 5.91 Å². The first-order valence-corrected chi connectivity index (χ1v) is 7.17. The lowest BCUT2D eigenvalue weighted by Gasteiger charge is -2.12. The van der Waals surface area contributed by atoms with Crippen LogP contribution in [0, 0.1) is 0 Å². The summed E-state index contributed by atoms with van der Waals surface area (Å²) in [6.07, 6.45) is 2.50. The first kappa shape index (κ1) is 14.5. The fourth-order valence-electron chi connectivity index (χ4n) is 1.95. The maximum absolute atomic E-state index is 12.3. The molecule has 1 aromatic heterocycles. The van der Waals surface area contributed by atoms with Crippen LogP contribution in [0.15, 0.2) is 41.0 Å². The van der Waals surface area contributed by atoms with E-state index >= 15 is 0 Å². The van der Waals surface area contributed by atoms with E-state index in [4.69, 9.17) is 0 Å². The molecule has 1 aromatic carbocycles. The molecule has 0 fully saturated rings. The summed E-state index contributed by atoms with van der Waals surface area (Å²) >= 11 is 3.44. The number of rotatable bonds is 4. The highest BCUT2D eigenvalue weighted by molar-refractivity contribution is 9.10. The van der Waals surface area contributed by atoms with Crippen LogP contribution in [0.2, 0.25) is 0 Å². The van der Waals surface area contributed by atoms with Crippen LogP contribution in [0.1, 0.15) is 22.8 Å². The second-order valence-corrected chi connectivity index (χ2v) is 5.17. The summed E-state index contributed by atoms with van der Waals surface area (Å²) in [5, 5.41) is 5.86. The quantitative estimate of drug-likeness (QED) is 0.896. The van der Waals surface area contributed by atoms with Crippen molar-refractivity contribution in [3.63, 3.8) is 0 Å². The molecular formula is C15H16BrN3O. The summed E-state index contributed by atoms with van der Waals surface area (Å²) in [6, 6.07) is 9.32. The van der Waals surface area contributed by atoms with Crippen molar-refractivity contribution in [1.82, 2.24) is 4.98 Å². The van der Waals surface area contributed by atoms with Crippen LogP contribution in [0.5, 0.6) is 0 Å². The normalized spacial score (nSPS) is 10.2. The molecule has 0 aliphatic heterocycles. The predicted molar refractivity (Wildman–Crippen MR) is 85.3 cm³/mol. The molecule has 0 saturated heterocycles. The molecule has 1 amide bonds. The highest BCUT2D eigenvalue weighted by Crippen LogP contribution is 2.23. The predicted octanol–water partition coefficient (Wildman–Crippen LogP) is 3.70. The van der Waals surface area contributed by atoms with Gasteiger partial charge in [-0.25, -0.2) is 4.98 Å². The Morgan fingerprint density at radius 2 is 2.15 bits per heavy atom. The Balaban J connectivity index is 2.28. The highest BCUT2D eigenvalue weighted by Gasteiger charge is 2.13. The van der Waals surface area contributed by atoms with Gasteiger partial charge in [-0.15, -0.1) is 0 Å². The average Bonchev–Trinajstić information content (AvgIpc) is 2.48. The fraction of sp³-hybridized carbons (Fsp3) is 0.200. The number of carbonyl (C=O) groups is 1. The van der Waals surface area contributed by atoms with Crippen molar-refractivity contribution in [2.75, 3.05) is 17.7 Å². The van der Waals surface area contributed by atoms with Crippen LogP contribution in [-0.2, 0) is 6.42 Å². The van der Waals surface area contributed by atoms with Crippen molar-refractivity contribution in [3.05, 3.63) is 52.1 Å². The summed E-state index contributed by atoms with van der Waals surface area (Å²) in [5.74, 6) is 0.402. The lowest BCUT2D eigenvalue weighted by Crippen LogP contribution is -2.15. The zero-order valence-corrected chi connectivity index (χ0v) is 13.0. The molecule has 104 valence electrons. The van der Waals surface area contributed by atoms with Gasteiger partial charge >= 0.3 is 0 Å². The molecule has 0 spiro atoms. The topological polar surface area (TPSA) is 54.0 Å². The lowest BCUT2D eigenvalue weighted by atomic mass is 10.1. The van der Waals surface area contributed by atoms with Gasteiger partial charge in [0.15, 0.2) is 0 Å². The SMILES string of the molecule is CCc1cc(Br)ccc1NC(=O)c1cccnc1NC. The van der Waals surface area contributed by atoms with Gasteiger partial charge in [0.1, 0.15) is 5.82 Å². The van der Waals surface area contributed by atoms with Crippen molar-refractivity contribution in [3.8, 4) is 0 Å². The van der Waals surface area contributed by atoms with Crippen molar-refractivity contribution < 1.29 is 4.79 Å². The molecule has 0 aliphatic carbocycles. The van der Waals surface area contributed by atoms with E-state index in [9.17, 15) is 4.79 Å². The first-order valence-electron chi connectivity index (χ1n) is 6.38. The summed E-state index contributed by atoms with van der Waals surface area (Å²) in [5.41, 5.74) is 2.44. The van der Waals surface area contributed by atoms with Crippen molar-refractivity contribution in [2.24, 2.45) is 0 Å². The van der Waals surface area contributed by atoms with Crippen LogP contribution >= 0.6 is 15.9 Å². The van der Waals surface area contributed by atoms with Gasteiger partial charge in [-0.1, -0.05) is 22.9 Å². The van der Waals surface area contributed by atoms with Crippen LogP contribution < -0.4 is 10.6 Å². The van der Waals surface area contributed by atoms with Crippen LogP contribution in [-0.4, -0.2) is 17.9 Å². The molecule has 0 saturated carbocycles. The molecule has 4 nitrogen and oxygen atoms in total. The number of halogens is 1. The Labute approximate surface area is 126 Å². The number of nitrogens with zero attached hydrogens (tertiary/aromatic N) is 1. The Bertz CT molecular complexity index is 628. The lowest BCUT2D eigenvalue weighted by molar-refractivity contribution is 0.102. The van der Waals surface area contributed by atoms with Crippen molar-refractivity contribution >= 4 is 33.3 Å². The van der Waals surface area contributed by atoms with Gasteiger partial charge in [-0.3, -0.25) is 4.79 Å². The first-order chi connectivity index (χ1) is 9.65. The minimum Gasteiger partial charge on any atom is -0.372 e.